The van der Waals surface area contributed by atoms with Gasteiger partial charge in [-0.2, -0.15) is 0 Å². The van der Waals surface area contributed by atoms with Gasteiger partial charge in [0.15, 0.2) is 0 Å². The highest BCUT2D eigenvalue weighted by molar-refractivity contribution is 5.99. The maximum atomic E-state index is 12.8. The molecule has 0 saturated heterocycles. The molecule has 0 aliphatic carbocycles. The van der Waals surface area contributed by atoms with E-state index in [1.807, 2.05) is 48.5 Å². The van der Waals surface area contributed by atoms with E-state index in [0.29, 0.717) is 17.7 Å². The maximum Gasteiger partial charge on any atom is 0.269 e. The highest BCUT2D eigenvalue weighted by Crippen LogP contribution is 2.31. The first-order valence-corrected chi connectivity index (χ1v) is 12.8. The fourth-order valence-electron chi connectivity index (χ4n) is 5.01. The van der Waals surface area contributed by atoms with Gasteiger partial charge in [-0.05, 0) is 71.0 Å². The second-order valence-electron chi connectivity index (χ2n) is 9.59. The van der Waals surface area contributed by atoms with E-state index in [9.17, 15) is 19.7 Å². The first kappa shape index (κ1) is 25.7. The number of anilines is 1. The molecule has 39 heavy (non-hydrogen) atoms. The van der Waals surface area contributed by atoms with E-state index in [1.165, 1.54) is 12.1 Å². The summed E-state index contributed by atoms with van der Waals surface area (Å²) in [5.41, 5.74) is 12.6. The molecule has 3 N–H and O–H groups in total. The molecule has 4 aromatic rings. The van der Waals surface area contributed by atoms with Crippen molar-refractivity contribution in [3.05, 3.63) is 129 Å². The first-order chi connectivity index (χ1) is 18.9. The second-order valence-corrected chi connectivity index (χ2v) is 9.59. The van der Waals surface area contributed by atoms with Crippen molar-refractivity contribution >= 4 is 23.2 Å². The zero-order chi connectivity index (χ0) is 27.4. The van der Waals surface area contributed by atoms with E-state index in [-0.39, 0.29) is 18.1 Å². The van der Waals surface area contributed by atoms with Crippen molar-refractivity contribution in [2.75, 3.05) is 11.4 Å². The molecule has 1 aliphatic rings. The van der Waals surface area contributed by atoms with Gasteiger partial charge in [-0.25, -0.2) is 0 Å². The molecule has 0 unspecified atom stereocenters. The molecule has 8 heteroatoms. The van der Waals surface area contributed by atoms with E-state index in [4.69, 9.17) is 5.73 Å². The number of hydrogen-bond acceptors (Lipinski definition) is 5. The zero-order valence-electron chi connectivity index (χ0n) is 21.3. The SMILES string of the molecule is NC(=O)c1ccccc1-c1cccc(CN2CCCc3cc(C(=O)NCc4ccc([N+](=O)[O-])cc4)ccc32)c1. The predicted octanol–water partition coefficient (Wildman–Crippen LogP) is 5.24. The highest BCUT2D eigenvalue weighted by Gasteiger charge is 2.19. The van der Waals surface area contributed by atoms with E-state index in [1.54, 1.807) is 18.2 Å². The van der Waals surface area contributed by atoms with Crippen LogP contribution in [0.1, 0.15) is 43.8 Å². The van der Waals surface area contributed by atoms with Crippen LogP contribution in [0.15, 0.2) is 91.0 Å². The smallest absolute Gasteiger partial charge is 0.269 e. The Kier molecular flexibility index (Phi) is 7.36. The Morgan fingerprint density at radius 2 is 1.72 bits per heavy atom. The van der Waals surface area contributed by atoms with Gasteiger partial charge >= 0.3 is 0 Å². The number of aryl methyl sites for hydroxylation is 1. The van der Waals surface area contributed by atoms with Crippen LogP contribution in [0.4, 0.5) is 11.4 Å². The van der Waals surface area contributed by atoms with Crippen LogP contribution in [0.3, 0.4) is 0 Å². The van der Waals surface area contributed by atoms with Crippen molar-refractivity contribution < 1.29 is 14.5 Å². The van der Waals surface area contributed by atoms with Crippen molar-refractivity contribution in [3.63, 3.8) is 0 Å². The van der Waals surface area contributed by atoms with Gasteiger partial charge in [0.25, 0.3) is 11.6 Å². The third-order valence-corrected chi connectivity index (χ3v) is 6.96. The van der Waals surface area contributed by atoms with Crippen molar-refractivity contribution in [3.8, 4) is 11.1 Å². The molecule has 0 radical (unpaired) electrons. The number of benzene rings is 4. The fraction of sp³-hybridized carbons (Fsp3) is 0.161. The summed E-state index contributed by atoms with van der Waals surface area (Å²) in [6, 6.07) is 27.4. The Balaban J connectivity index is 1.29. The summed E-state index contributed by atoms with van der Waals surface area (Å²) in [6.07, 6.45) is 1.87. The van der Waals surface area contributed by atoms with Crippen LogP contribution in [0.2, 0.25) is 0 Å². The Bertz CT molecular complexity index is 1550. The quantitative estimate of drug-likeness (QED) is 0.243. The minimum Gasteiger partial charge on any atom is -0.367 e. The number of primary amides is 1. The lowest BCUT2D eigenvalue weighted by Crippen LogP contribution is -2.29. The molecule has 0 aromatic heterocycles. The molecule has 5 rings (SSSR count). The Hall–Kier alpha value is -4.98. The fourth-order valence-corrected chi connectivity index (χ4v) is 5.01. The van der Waals surface area contributed by atoms with Gasteiger partial charge in [0.2, 0.25) is 5.91 Å². The van der Waals surface area contributed by atoms with Gasteiger partial charge in [-0.15, -0.1) is 0 Å². The summed E-state index contributed by atoms with van der Waals surface area (Å²) in [5, 5.41) is 13.7. The number of hydrogen-bond donors (Lipinski definition) is 2. The van der Waals surface area contributed by atoms with Gasteiger partial charge in [0.1, 0.15) is 0 Å². The van der Waals surface area contributed by atoms with Crippen molar-refractivity contribution in [2.24, 2.45) is 5.73 Å². The largest absolute Gasteiger partial charge is 0.367 e. The molecule has 0 fully saturated rings. The second kappa shape index (κ2) is 11.2. The topological polar surface area (TPSA) is 119 Å². The lowest BCUT2D eigenvalue weighted by molar-refractivity contribution is -0.384. The molecular weight excluding hydrogens is 492 g/mol. The normalized spacial score (nSPS) is 12.5. The number of nitrogens with zero attached hydrogens (tertiary/aromatic N) is 2. The molecule has 0 saturated carbocycles. The van der Waals surface area contributed by atoms with Gasteiger partial charge in [-0.1, -0.05) is 48.5 Å². The number of nitrogens with one attached hydrogen (secondary N) is 1. The molecule has 1 heterocycles. The number of nitro groups is 1. The summed E-state index contributed by atoms with van der Waals surface area (Å²) >= 11 is 0. The van der Waals surface area contributed by atoms with E-state index in [2.05, 4.69) is 22.3 Å². The number of non-ortho nitro benzene ring substituents is 1. The minimum absolute atomic E-state index is 0.0199. The molecule has 2 amide bonds. The standard InChI is InChI=1S/C31H28N4O4/c32-30(36)28-9-2-1-8-27(28)23-6-3-5-22(17-23)20-34-16-4-7-24-18-25(12-15-29(24)34)31(37)33-19-21-10-13-26(14-11-21)35(38)39/h1-3,5-6,8-15,17-18H,4,7,16,19-20H2,(H2,32,36)(H,33,37). The molecule has 1 aliphatic heterocycles. The summed E-state index contributed by atoms with van der Waals surface area (Å²) in [4.78, 5) is 37.5. The Labute approximate surface area is 226 Å². The molecule has 4 aromatic carbocycles. The molecule has 0 bridgehead atoms. The predicted molar refractivity (Wildman–Crippen MR) is 150 cm³/mol. The van der Waals surface area contributed by atoms with E-state index < -0.39 is 10.8 Å². The Morgan fingerprint density at radius 1 is 0.923 bits per heavy atom. The van der Waals surface area contributed by atoms with Crippen LogP contribution < -0.4 is 16.0 Å². The molecule has 0 spiro atoms. The third-order valence-electron chi connectivity index (χ3n) is 6.96. The lowest BCUT2D eigenvalue weighted by Gasteiger charge is -2.32. The van der Waals surface area contributed by atoms with Gasteiger partial charge in [0, 0.05) is 48.6 Å². The first-order valence-electron chi connectivity index (χ1n) is 12.8. The van der Waals surface area contributed by atoms with Crippen molar-refractivity contribution in [2.45, 2.75) is 25.9 Å². The van der Waals surface area contributed by atoms with Crippen LogP contribution in [-0.2, 0) is 19.5 Å². The Morgan fingerprint density at radius 3 is 2.49 bits per heavy atom. The average Bonchev–Trinajstić information content (AvgIpc) is 2.96. The van der Waals surface area contributed by atoms with Crippen LogP contribution in [-0.4, -0.2) is 23.3 Å². The van der Waals surface area contributed by atoms with Crippen LogP contribution in [0.5, 0.6) is 0 Å². The number of carbonyl (C=O) groups is 2. The van der Waals surface area contributed by atoms with Crippen LogP contribution >= 0.6 is 0 Å². The van der Waals surface area contributed by atoms with E-state index >= 15 is 0 Å². The molecule has 0 atom stereocenters. The number of amides is 2. The summed E-state index contributed by atoms with van der Waals surface area (Å²) in [6.45, 7) is 1.89. The lowest BCUT2D eigenvalue weighted by atomic mass is 9.96. The summed E-state index contributed by atoms with van der Waals surface area (Å²) in [5.74, 6) is -0.636. The van der Waals surface area contributed by atoms with E-state index in [0.717, 1.165) is 52.9 Å². The maximum absolute atomic E-state index is 12.8. The number of nitrogens with two attached hydrogens (primary N) is 1. The number of rotatable bonds is 8. The monoisotopic (exact) mass is 520 g/mol. The van der Waals surface area contributed by atoms with Crippen molar-refractivity contribution in [1.29, 1.82) is 0 Å². The van der Waals surface area contributed by atoms with Crippen LogP contribution in [0, 0.1) is 10.1 Å². The zero-order valence-corrected chi connectivity index (χ0v) is 21.3. The number of carbonyl (C=O) groups excluding carboxylic acids is 2. The minimum atomic E-state index is -0.450. The molecular formula is C31H28N4O4. The molecule has 196 valence electrons. The van der Waals surface area contributed by atoms with Gasteiger partial charge in [-0.3, -0.25) is 19.7 Å². The van der Waals surface area contributed by atoms with Crippen molar-refractivity contribution in [1.82, 2.24) is 5.32 Å². The summed E-state index contributed by atoms with van der Waals surface area (Å²) in [7, 11) is 0. The third kappa shape index (κ3) is 5.80. The number of fused-ring (bicyclic) bond motifs is 1. The summed E-state index contributed by atoms with van der Waals surface area (Å²) < 4.78 is 0. The van der Waals surface area contributed by atoms with Gasteiger partial charge in [0.05, 0.1) is 4.92 Å². The average molecular weight is 521 g/mol. The highest BCUT2D eigenvalue weighted by atomic mass is 16.6. The van der Waals surface area contributed by atoms with Gasteiger partial charge < -0.3 is 16.0 Å². The van der Waals surface area contributed by atoms with Crippen LogP contribution in [0.25, 0.3) is 11.1 Å². The molecule has 8 nitrogen and oxygen atoms in total. The number of nitro benzene ring substituents is 1.